The van der Waals surface area contributed by atoms with E-state index in [-0.39, 0.29) is 5.82 Å². The molecule has 0 aliphatic carbocycles. The summed E-state index contributed by atoms with van der Waals surface area (Å²) in [5.74, 6) is 0.646. The molecule has 0 bridgehead atoms. The van der Waals surface area contributed by atoms with E-state index in [1.807, 2.05) is 66.0 Å². The van der Waals surface area contributed by atoms with Crippen molar-refractivity contribution in [3.05, 3.63) is 95.6 Å². The zero-order valence-corrected chi connectivity index (χ0v) is 15.6. The standard InChI is InChI=1S/C22H16FN3OS/c23-18-12-11-17(21(13-18)27-19-9-5-2-6-10-19)14-24-26-22-25-20(15-28-22)16-7-3-1-4-8-16/h1-15H,(H,25,26). The Morgan fingerprint density at radius 1 is 0.964 bits per heavy atom. The molecule has 138 valence electrons. The smallest absolute Gasteiger partial charge is 0.203 e. The molecule has 0 saturated heterocycles. The van der Waals surface area contributed by atoms with E-state index in [1.54, 1.807) is 12.3 Å². The number of aromatic nitrogens is 1. The summed E-state index contributed by atoms with van der Waals surface area (Å²) in [4.78, 5) is 4.52. The fraction of sp³-hybridized carbons (Fsp3) is 0. The minimum Gasteiger partial charge on any atom is -0.457 e. The van der Waals surface area contributed by atoms with Crippen molar-refractivity contribution >= 4 is 22.7 Å². The molecule has 0 unspecified atom stereocenters. The first kappa shape index (κ1) is 17.9. The summed E-state index contributed by atoms with van der Waals surface area (Å²) < 4.78 is 19.4. The van der Waals surface area contributed by atoms with Gasteiger partial charge in [-0.15, -0.1) is 11.3 Å². The zero-order valence-electron chi connectivity index (χ0n) is 14.7. The average molecular weight is 389 g/mol. The first-order chi connectivity index (χ1) is 13.8. The Morgan fingerprint density at radius 3 is 2.50 bits per heavy atom. The van der Waals surface area contributed by atoms with E-state index in [1.165, 1.54) is 23.5 Å². The predicted molar refractivity (Wildman–Crippen MR) is 112 cm³/mol. The second-order valence-electron chi connectivity index (χ2n) is 5.87. The Morgan fingerprint density at radius 2 is 1.71 bits per heavy atom. The highest BCUT2D eigenvalue weighted by Crippen LogP contribution is 2.26. The van der Waals surface area contributed by atoms with Gasteiger partial charge >= 0.3 is 0 Å². The van der Waals surface area contributed by atoms with Crippen LogP contribution in [0.15, 0.2) is 89.3 Å². The van der Waals surface area contributed by atoms with Gasteiger partial charge in [0, 0.05) is 22.6 Å². The summed E-state index contributed by atoms with van der Waals surface area (Å²) >= 11 is 1.46. The number of nitrogens with one attached hydrogen (secondary N) is 1. The highest BCUT2D eigenvalue weighted by molar-refractivity contribution is 7.14. The minimum absolute atomic E-state index is 0.372. The van der Waals surface area contributed by atoms with Crippen LogP contribution in [0.3, 0.4) is 0 Å². The molecule has 3 aromatic carbocycles. The number of hydrogen-bond acceptors (Lipinski definition) is 5. The lowest BCUT2D eigenvalue weighted by molar-refractivity contribution is 0.476. The van der Waals surface area contributed by atoms with Crippen molar-refractivity contribution in [2.24, 2.45) is 5.10 Å². The Hall–Kier alpha value is -3.51. The highest BCUT2D eigenvalue weighted by Gasteiger charge is 2.06. The lowest BCUT2D eigenvalue weighted by Crippen LogP contribution is -1.95. The molecule has 0 aliphatic rings. The third-order valence-electron chi connectivity index (χ3n) is 3.88. The number of rotatable bonds is 6. The van der Waals surface area contributed by atoms with Gasteiger partial charge in [-0.1, -0.05) is 48.5 Å². The van der Waals surface area contributed by atoms with Gasteiger partial charge in [-0.05, 0) is 24.3 Å². The number of nitrogens with zero attached hydrogens (tertiary/aromatic N) is 2. The first-order valence-corrected chi connectivity index (χ1v) is 9.48. The van der Waals surface area contributed by atoms with Crippen molar-refractivity contribution in [2.75, 3.05) is 5.43 Å². The van der Waals surface area contributed by atoms with Crippen LogP contribution in [0.4, 0.5) is 9.52 Å². The second kappa shape index (κ2) is 8.45. The van der Waals surface area contributed by atoms with Crippen LogP contribution in [0.25, 0.3) is 11.3 Å². The molecule has 6 heteroatoms. The number of benzene rings is 3. The predicted octanol–water partition coefficient (Wildman–Crippen LogP) is 6.19. The third-order valence-corrected chi connectivity index (χ3v) is 4.63. The molecule has 0 amide bonds. The van der Waals surface area contributed by atoms with Crippen LogP contribution >= 0.6 is 11.3 Å². The maximum absolute atomic E-state index is 13.7. The minimum atomic E-state index is -0.372. The van der Waals surface area contributed by atoms with Gasteiger partial charge in [0.05, 0.1) is 11.9 Å². The summed E-state index contributed by atoms with van der Waals surface area (Å²) in [5.41, 5.74) is 5.50. The maximum Gasteiger partial charge on any atom is 0.203 e. The van der Waals surface area contributed by atoms with E-state index in [0.29, 0.717) is 22.2 Å². The lowest BCUT2D eigenvalue weighted by Gasteiger charge is -2.08. The molecule has 4 rings (SSSR count). The van der Waals surface area contributed by atoms with E-state index in [0.717, 1.165) is 11.3 Å². The Kier molecular flexibility index (Phi) is 5.40. The Bertz CT molecular complexity index is 1080. The van der Waals surface area contributed by atoms with Crippen molar-refractivity contribution in [1.82, 2.24) is 4.98 Å². The highest BCUT2D eigenvalue weighted by atomic mass is 32.1. The Labute approximate surface area is 166 Å². The number of halogens is 1. The van der Waals surface area contributed by atoms with Crippen LogP contribution < -0.4 is 10.2 Å². The van der Waals surface area contributed by atoms with E-state index >= 15 is 0 Å². The van der Waals surface area contributed by atoms with E-state index in [9.17, 15) is 4.39 Å². The molecule has 0 atom stereocenters. The average Bonchev–Trinajstić information content (AvgIpc) is 3.20. The normalized spacial score (nSPS) is 10.9. The number of hydrazone groups is 1. The van der Waals surface area contributed by atoms with Gasteiger partial charge in [-0.25, -0.2) is 9.37 Å². The molecule has 1 N–H and O–H groups in total. The van der Waals surface area contributed by atoms with Crippen LogP contribution in [0.5, 0.6) is 11.5 Å². The third kappa shape index (κ3) is 4.42. The van der Waals surface area contributed by atoms with Crippen LogP contribution in [-0.4, -0.2) is 11.2 Å². The van der Waals surface area contributed by atoms with E-state index < -0.39 is 0 Å². The molecule has 0 saturated carbocycles. The van der Waals surface area contributed by atoms with Gasteiger partial charge < -0.3 is 4.74 Å². The second-order valence-corrected chi connectivity index (χ2v) is 6.73. The number of anilines is 1. The Balaban J connectivity index is 1.48. The van der Waals surface area contributed by atoms with Crippen LogP contribution in [0.1, 0.15) is 5.56 Å². The van der Waals surface area contributed by atoms with Gasteiger partial charge in [0.25, 0.3) is 0 Å². The number of hydrogen-bond donors (Lipinski definition) is 1. The molecule has 0 radical (unpaired) electrons. The molecule has 4 aromatic rings. The zero-order chi connectivity index (χ0) is 19.2. The van der Waals surface area contributed by atoms with Crippen molar-refractivity contribution in [2.45, 2.75) is 0 Å². The molecule has 0 aliphatic heterocycles. The molecule has 28 heavy (non-hydrogen) atoms. The largest absolute Gasteiger partial charge is 0.457 e. The van der Waals surface area contributed by atoms with Crippen molar-refractivity contribution in [3.63, 3.8) is 0 Å². The summed E-state index contributed by atoms with van der Waals surface area (Å²) in [7, 11) is 0. The van der Waals surface area contributed by atoms with Crippen LogP contribution in [-0.2, 0) is 0 Å². The number of para-hydroxylation sites is 1. The fourth-order valence-electron chi connectivity index (χ4n) is 2.54. The molecule has 0 fully saturated rings. The van der Waals surface area contributed by atoms with Crippen molar-refractivity contribution < 1.29 is 9.13 Å². The van der Waals surface area contributed by atoms with Gasteiger partial charge in [0.2, 0.25) is 5.13 Å². The molecule has 1 aromatic heterocycles. The van der Waals surface area contributed by atoms with Crippen molar-refractivity contribution in [3.8, 4) is 22.8 Å². The topological polar surface area (TPSA) is 46.5 Å². The molecular formula is C22H16FN3OS. The first-order valence-electron chi connectivity index (χ1n) is 8.60. The van der Waals surface area contributed by atoms with Gasteiger partial charge in [-0.2, -0.15) is 5.10 Å². The van der Waals surface area contributed by atoms with Crippen molar-refractivity contribution in [1.29, 1.82) is 0 Å². The molecule has 0 spiro atoms. The monoisotopic (exact) mass is 389 g/mol. The summed E-state index contributed by atoms with van der Waals surface area (Å²) in [5, 5.41) is 6.86. The molecule has 4 nitrogen and oxygen atoms in total. The summed E-state index contributed by atoms with van der Waals surface area (Å²) in [6, 6.07) is 23.5. The van der Waals surface area contributed by atoms with Gasteiger partial charge in [0.15, 0.2) is 0 Å². The fourth-order valence-corrected chi connectivity index (χ4v) is 3.21. The number of ether oxygens (including phenoxy) is 1. The van der Waals surface area contributed by atoms with E-state index in [4.69, 9.17) is 4.74 Å². The van der Waals surface area contributed by atoms with Crippen LogP contribution in [0.2, 0.25) is 0 Å². The van der Waals surface area contributed by atoms with Crippen LogP contribution in [0, 0.1) is 5.82 Å². The maximum atomic E-state index is 13.7. The van der Waals surface area contributed by atoms with Gasteiger partial charge in [0.1, 0.15) is 17.3 Å². The summed E-state index contributed by atoms with van der Waals surface area (Å²) in [6.07, 6.45) is 1.58. The lowest BCUT2D eigenvalue weighted by atomic mass is 10.2. The number of thiazole rings is 1. The SMILES string of the molecule is Fc1ccc(C=NNc2nc(-c3ccccc3)cs2)c(Oc2ccccc2)c1. The molecular weight excluding hydrogens is 373 g/mol. The summed E-state index contributed by atoms with van der Waals surface area (Å²) in [6.45, 7) is 0. The van der Waals surface area contributed by atoms with E-state index in [2.05, 4.69) is 15.5 Å². The molecule has 1 heterocycles. The quantitative estimate of drug-likeness (QED) is 0.316. The van der Waals surface area contributed by atoms with Gasteiger partial charge in [-0.3, -0.25) is 5.43 Å².